The fourth-order valence-corrected chi connectivity index (χ4v) is 3.48. The Balaban J connectivity index is 0.00000320. The van der Waals surface area contributed by atoms with Crippen LogP contribution in [-0.2, 0) is 11.3 Å². The van der Waals surface area contributed by atoms with Gasteiger partial charge in [0.2, 0.25) is 0 Å². The van der Waals surface area contributed by atoms with Crippen LogP contribution in [0.2, 0.25) is 0 Å². The van der Waals surface area contributed by atoms with E-state index >= 15 is 0 Å². The molecule has 0 bridgehead atoms. The van der Waals surface area contributed by atoms with Gasteiger partial charge in [-0.3, -0.25) is 9.89 Å². The highest BCUT2D eigenvalue weighted by molar-refractivity contribution is 14.0. The molecule has 1 atom stereocenters. The number of benzene rings is 2. The van der Waals surface area contributed by atoms with Crippen molar-refractivity contribution < 1.29 is 9.47 Å². The molecular weight excluding hydrogens is 491 g/mol. The van der Waals surface area contributed by atoms with Crippen LogP contribution in [0.5, 0.6) is 5.75 Å². The molecule has 30 heavy (non-hydrogen) atoms. The number of aryl methyl sites for hydroxylation is 1. The fourth-order valence-electron chi connectivity index (χ4n) is 3.48. The minimum absolute atomic E-state index is 0. The van der Waals surface area contributed by atoms with Crippen LogP contribution in [0.15, 0.2) is 53.5 Å². The Morgan fingerprint density at radius 3 is 2.33 bits per heavy atom. The van der Waals surface area contributed by atoms with E-state index in [9.17, 15) is 0 Å². The Kier molecular flexibility index (Phi) is 10.4. The smallest absolute Gasteiger partial charge is 0.191 e. The van der Waals surface area contributed by atoms with Crippen molar-refractivity contribution in [1.82, 2.24) is 15.5 Å². The van der Waals surface area contributed by atoms with Gasteiger partial charge in [0.25, 0.3) is 0 Å². The number of morpholine rings is 1. The zero-order valence-corrected chi connectivity index (χ0v) is 20.4. The van der Waals surface area contributed by atoms with Crippen molar-refractivity contribution in [3.63, 3.8) is 0 Å². The first kappa shape index (κ1) is 24.4. The molecule has 0 aromatic heterocycles. The van der Waals surface area contributed by atoms with Gasteiger partial charge in [0.1, 0.15) is 5.75 Å². The lowest BCUT2D eigenvalue weighted by Gasteiger charge is -2.35. The van der Waals surface area contributed by atoms with Gasteiger partial charge >= 0.3 is 0 Å². The molecule has 0 aliphatic carbocycles. The van der Waals surface area contributed by atoms with E-state index in [1.807, 2.05) is 12.1 Å². The van der Waals surface area contributed by atoms with Gasteiger partial charge in [0.05, 0.1) is 26.4 Å². The van der Waals surface area contributed by atoms with Crippen molar-refractivity contribution in [1.29, 1.82) is 0 Å². The lowest BCUT2D eigenvalue weighted by molar-refractivity contribution is 0.0170. The van der Waals surface area contributed by atoms with Crippen LogP contribution in [0.4, 0.5) is 0 Å². The Morgan fingerprint density at radius 2 is 1.73 bits per heavy atom. The summed E-state index contributed by atoms with van der Waals surface area (Å²) in [5, 5.41) is 6.90. The van der Waals surface area contributed by atoms with Crippen molar-refractivity contribution in [2.75, 3.05) is 47.0 Å². The summed E-state index contributed by atoms with van der Waals surface area (Å²) in [6, 6.07) is 17.1. The van der Waals surface area contributed by atoms with Crippen LogP contribution in [0, 0.1) is 6.92 Å². The highest BCUT2D eigenvalue weighted by Gasteiger charge is 2.22. The fraction of sp³-hybridized carbons (Fsp3) is 0.435. The Hall–Kier alpha value is -1.84. The Labute approximate surface area is 197 Å². The minimum atomic E-state index is 0. The SMILES string of the molecule is CN=C(NCc1ccc(OC)cc1)NCC(c1ccc(C)cc1)N1CCOCC1.I. The maximum absolute atomic E-state index is 5.55. The van der Waals surface area contributed by atoms with Gasteiger partial charge in [-0.2, -0.15) is 0 Å². The number of aliphatic imine (C=N–C) groups is 1. The first-order valence-electron chi connectivity index (χ1n) is 10.2. The van der Waals surface area contributed by atoms with Gasteiger partial charge in [-0.1, -0.05) is 42.0 Å². The number of nitrogens with zero attached hydrogens (tertiary/aromatic N) is 2. The van der Waals surface area contributed by atoms with Gasteiger partial charge < -0.3 is 20.1 Å². The van der Waals surface area contributed by atoms with Crippen molar-refractivity contribution in [3.05, 3.63) is 65.2 Å². The summed E-state index contributed by atoms with van der Waals surface area (Å²) >= 11 is 0. The number of ether oxygens (including phenoxy) is 2. The molecule has 0 saturated carbocycles. The molecule has 1 unspecified atom stereocenters. The van der Waals surface area contributed by atoms with Crippen LogP contribution in [0.3, 0.4) is 0 Å². The number of hydrogen-bond donors (Lipinski definition) is 2. The molecule has 3 rings (SSSR count). The van der Waals surface area contributed by atoms with Gasteiger partial charge in [-0.25, -0.2) is 0 Å². The van der Waals surface area contributed by atoms with Gasteiger partial charge in [0.15, 0.2) is 5.96 Å². The van der Waals surface area contributed by atoms with Gasteiger partial charge in [-0.05, 0) is 30.2 Å². The first-order chi connectivity index (χ1) is 14.2. The number of methoxy groups -OCH3 is 1. The number of rotatable bonds is 7. The molecule has 1 aliphatic heterocycles. The molecule has 1 fully saturated rings. The molecule has 1 saturated heterocycles. The van der Waals surface area contributed by atoms with Crippen LogP contribution >= 0.6 is 24.0 Å². The maximum atomic E-state index is 5.55. The predicted octanol–water partition coefficient (Wildman–Crippen LogP) is 3.36. The molecule has 0 radical (unpaired) electrons. The summed E-state index contributed by atoms with van der Waals surface area (Å²) in [5.41, 5.74) is 3.77. The quantitative estimate of drug-likeness (QED) is 0.331. The van der Waals surface area contributed by atoms with E-state index in [-0.39, 0.29) is 30.0 Å². The van der Waals surface area contributed by atoms with Crippen LogP contribution in [0.1, 0.15) is 22.7 Å². The first-order valence-corrected chi connectivity index (χ1v) is 10.2. The van der Waals surface area contributed by atoms with E-state index in [2.05, 4.69) is 63.8 Å². The second-order valence-electron chi connectivity index (χ2n) is 7.23. The van der Waals surface area contributed by atoms with Crippen molar-refractivity contribution >= 4 is 29.9 Å². The molecule has 2 N–H and O–H groups in total. The number of guanidine groups is 1. The molecule has 0 amide bonds. The zero-order valence-electron chi connectivity index (χ0n) is 18.1. The molecular formula is C23H33IN4O2. The normalized spacial score (nSPS) is 15.8. The summed E-state index contributed by atoms with van der Waals surface area (Å²) in [5.74, 6) is 1.66. The Bertz CT molecular complexity index is 775. The van der Waals surface area contributed by atoms with E-state index in [4.69, 9.17) is 9.47 Å². The van der Waals surface area contributed by atoms with E-state index in [0.717, 1.165) is 44.6 Å². The van der Waals surface area contributed by atoms with Gasteiger partial charge in [-0.15, -0.1) is 24.0 Å². The number of halogens is 1. The summed E-state index contributed by atoms with van der Waals surface area (Å²) in [7, 11) is 3.48. The molecule has 1 aliphatic rings. The number of hydrogen-bond acceptors (Lipinski definition) is 4. The van der Waals surface area contributed by atoms with Gasteiger partial charge in [0, 0.05) is 33.2 Å². The van der Waals surface area contributed by atoms with Crippen molar-refractivity contribution in [2.24, 2.45) is 4.99 Å². The average Bonchev–Trinajstić information content (AvgIpc) is 2.78. The van der Waals surface area contributed by atoms with Crippen LogP contribution in [-0.4, -0.2) is 57.9 Å². The van der Waals surface area contributed by atoms with Crippen molar-refractivity contribution in [3.8, 4) is 5.75 Å². The molecule has 164 valence electrons. The number of nitrogens with one attached hydrogen (secondary N) is 2. The minimum Gasteiger partial charge on any atom is -0.497 e. The second kappa shape index (κ2) is 12.8. The Morgan fingerprint density at radius 1 is 1.07 bits per heavy atom. The van der Waals surface area contributed by atoms with E-state index in [1.54, 1.807) is 14.2 Å². The third kappa shape index (κ3) is 7.14. The lowest BCUT2D eigenvalue weighted by Crippen LogP contribution is -2.46. The topological polar surface area (TPSA) is 58.1 Å². The third-order valence-corrected chi connectivity index (χ3v) is 5.25. The maximum Gasteiger partial charge on any atom is 0.191 e. The molecule has 2 aromatic carbocycles. The molecule has 1 heterocycles. The predicted molar refractivity (Wildman–Crippen MR) is 133 cm³/mol. The van der Waals surface area contributed by atoms with E-state index < -0.39 is 0 Å². The third-order valence-electron chi connectivity index (χ3n) is 5.25. The standard InChI is InChI=1S/C23H32N4O2.HI/c1-18-4-8-20(9-5-18)22(27-12-14-29-15-13-27)17-26-23(24-2)25-16-19-6-10-21(28-3)11-7-19;/h4-11,22H,12-17H2,1-3H3,(H2,24,25,26);1H. The molecule has 2 aromatic rings. The highest BCUT2D eigenvalue weighted by atomic mass is 127. The molecule has 7 heteroatoms. The monoisotopic (exact) mass is 524 g/mol. The summed E-state index contributed by atoms with van der Waals surface area (Å²) in [6.07, 6.45) is 0. The van der Waals surface area contributed by atoms with Crippen LogP contribution < -0.4 is 15.4 Å². The summed E-state index contributed by atoms with van der Waals surface area (Å²) in [6.45, 7) is 7.06. The summed E-state index contributed by atoms with van der Waals surface area (Å²) < 4.78 is 10.8. The summed E-state index contributed by atoms with van der Waals surface area (Å²) in [4.78, 5) is 6.87. The average molecular weight is 524 g/mol. The van der Waals surface area contributed by atoms with E-state index in [1.165, 1.54) is 16.7 Å². The largest absolute Gasteiger partial charge is 0.497 e. The van der Waals surface area contributed by atoms with Crippen molar-refractivity contribution in [2.45, 2.75) is 19.5 Å². The highest BCUT2D eigenvalue weighted by Crippen LogP contribution is 2.21. The lowest BCUT2D eigenvalue weighted by atomic mass is 10.0. The second-order valence-corrected chi connectivity index (χ2v) is 7.23. The molecule has 6 nitrogen and oxygen atoms in total. The van der Waals surface area contributed by atoms with E-state index in [0.29, 0.717) is 6.54 Å². The molecule has 0 spiro atoms. The van der Waals surface area contributed by atoms with Crippen LogP contribution in [0.25, 0.3) is 0 Å². The zero-order chi connectivity index (χ0) is 20.5.